The highest BCUT2D eigenvalue weighted by Gasteiger charge is 2.16. The lowest BCUT2D eigenvalue weighted by molar-refractivity contribution is -0.160. The number of aliphatic carboxylic acids is 1. The summed E-state index contributed by atoms with van der Waals surface area (Å²) in [4.78, 5) is 22.6. The van der Waals surface area contributed by atoms with Crippen LogP contribution in [0.2, 0.25) is 0 Å². The maximum absolute atomic E-state index is 11.6. The molecule has 0 fully saturated rings. The largest absolute Gasteiger partial charge is 0.481 e. The fourth-order valence-electron chi connectivity index (χ4n) is 2.15. The smallest absolute Gasteiger partial charge is 0.332 e. The van der Waals surface area contributed by atoms with E-state index in [2.05, 4.69) is 5.32 Å². The van der Waals surface area contributed by atoms with Crippen LogP contribution in [-0.4, -0.2) is 36.3 Å². The standard InChI is InChI=1S/C17H25NO5/c1-11-13(8-15(19)20)6-12(7-14(11)18-5)9-22-10-16(21)23-17(2,3)4/h6-7,18H,8-10H2,1-5H3,(H,19,20). The van der Waals surface area contributed by atoms with E-state index in [0.717, 1.165) is 22.4 Å². The van der Waals surface area contributed by atoms with Gasteiger partial charge in [-0.3, -0.25) is 4.79 Å². The molecule has 0 bridgehead atoms. The van der Waals surface area contributed by atoms with Crippen molar-refractivity contribution >= 4 is 17.6 Å². The van der Waals surface area contributed by atoms with E-state index in [0.29, 0.717) is 0 Å². The molecule has 1 rings (SSSR count). The molecule has 0 aliphatic heterocycles. The number of hydrogen-bond acceptors (Lipinski definition) is 5. The fourth-order valence-corrected chi connectivity index (χ4v) is 2.15. The van der Waals surface area contributed by atoms with Crippen molar-refractivity contribution < 1.29 is 24.2 Å². The summed E-state index contributed by atoms with van der Waals surface area (Å²) in [6.45, 7) is 7.32. The van der Waals surface area contributed by atoms with Crippen molar-refractivity contribution in [2.75, 3.05) is 19.0 Å². The predicted molar refractivity (Wildman–Crippen MR) is 87.6 cm³/mol. The van der Waals surface area contributed by atoms with E-state index in [9.17, 15) is 9.59 Å². The molecule has 0 heterocycles. The molecule has 0 aromatic heterocycles. The van der Waals surface area contributed by atoms with Crippen LogP contribution in [0.5, 0.6) is 0 Å². The number of esters is 1. The first-order chi connectivity index (χ1) is 10.6. The SMILES string of the molecule is CNc1cc(COCC(=O)OC(C)(C)C)cc(CC(=O)O)c1C. The number of carbonyl (C=O) groups excluding carboxylic acids is 1. The van der Waals surface area contributed by atoms with Gasteiger partial charge >= 0.3 is 11.9 Å². The number of rotatable bonds is 7. The Morgan fingerprint density at radius 1 is 1.26 bits per heavy atom. The zero-order valence-corrected chi connectivity index (χ0v) is 14.4. The highest BCUT2D eigenvalue weighted by Crippen LogP contribution is 2.22. The van der Waals surface area contributed by atoms with Gasteiger partial charge in [-0.2, -0.15) is 0 Å². The zero-order valence-electron chi connectivity index (χ0n) is 14.4. The van der Waals surface area contributed by atoms with Crippen molar-refractivity contribution in [3.63, 3.8) is 0 Å². The van der Waals surface area contributed by atoms with Crippen molar-refractivity contribution in [1.29, 1.82) is 0 Å². The van der Waals surface area contributed by atoms with E-state index in [1.165, 1.54) is 0 Å². The molecule has 23 heavy (non-hydrogen) atoms. The van der Waals surface area contributed by atoms with Gasteiger partial charge in [-0.25, -0.2) is 4.79 Å². The summed E-state index contributed by atoms with van der Waals surface area (Å²) in [5.74, 6) is -1.31. The summed E-state index contributed by atoms with van der Waals surface area (Å²) in [6, 6.07) is 3.68. The summed E-state index contributed by atoms with van der Waals surface area (Å²) in [5, 5.41) is 12.0. The van der Waals surface area contributed by atoms with Crippen LogP contribution < -0.4 is 5.32 Å². The zero-order chi connectivity index (χ0) is 17.6. The molecule has 0 unspecified atom stereocenters. The summed E-state index contributed by atoms with van der Waals surface area (Å²) in [5.41, 5.74) is 2.73. The van der Waals surface area contributed by atoms with Crippen LogP contribution >= 0.6 is 0 Å². The van der Waals surface area contributed by atoms with Gasteiger partial charge in [0.25, 0.3) is 0 Å². The molecule has 128 valence electrons. The Balaban J connectivity index is 2.73. The topological polar surface area (TPSA) is 84.9 Å². The average molecular weight is 323 g/mol. The molecule has 0 saturated heterocycles. The second kappa shape index (κ2) is 7.97. The number of hydrogen-bond donors (Lipinski definition) is 2. The maximum Gasteiger partial charge on any atom is 0.332 e. The number of benzene rings is 1. The number of carboxylic acids is 1. The summed E-state index contributed by atoms with van der Waals surface area (Å²) in [7, 11) is 1.78. The number of nitrogens with one attached hydrogen (secondary N) is 1. The second-order valence-corrected chi connectivity index (χ2v) is 6.33. The van der Waals surface area contributed by atoms with E-state index in [-0.39, 0.29) is 19.6 Å². The molecule has 0 amide bonds. The Hall–Kier alpha value is -2.08. The third kappa shape index (κ3) is 6.69. The Morgan fingerprint density at radius 2 is 1.91 bits per heavy atom. The molecule has 0 saturated carbocycles. The molecule has 2 N–H and O–H groups in total. The molecular weight excluding hydrogens is 298 g/mol. The highest BCUT2D eigenvalue weighted by atomic mass is 16.6. The maximum atomic E-state index is 11.6. The van der Waals surface area contributed by atoms with Crippen LogP contribution in [-0.2, 0) is 32.1 Å². The lowest BCUT2D eigenvalue weighted by Gasteiger charge is -2.19. The van der Waals surface area contributed by atoms with Gasteiger partial charge < -0.3 is 19.9 Å². The summed E-state index contributed by atoms with van der Waals surface area (Å²) < 4.78 is 10.5. The molecule has 0 spiro atoms. The molecule has 1 aromatic carbocycles. The Bertz CT molecular complexity index is 575. The van der Waals surface area contributed by atoms with Crippen molar-refractivity contribution in [3.8, 4) is 0 Å². The fraction of sp³-hybridized carbons (Fsp3) is 0.529. The quantitative estimate of drug-likeness (QED) is 0.750. The van der Waals surface area contributed by atoms with Crippen LogP contribution in [0.4, 0.5) is 5.69 Å². The van der Waals surface area contributed by atoms with Crippen molar-refractivity contribution in [2.24, 2.45) is 0 Å². The summed E-state index contributed by atoms with van der Waals surface area (Å²) >= 11 is 0. The summed E-state index contributed by atoms with van der Waals surface area (Å²) in [6.07, 6.45) is -0.0551. The van der Waals surface area contributed by atoms with Crippen LogP contribution in [0.1, 0.15) is 37.5 Å². The van der Waals surface area contributed by atoms with Gasteiger partial charge in [-0.1, -0.05) is 6.07 Å². The van der Waals surface area contributed by atoms with Gasteiger partial charge in [0.2, 0.25) is 0 Å². The van der Waals surface area contributed by atoms with Gasteiger partial charge in [-0.05, 0) is 50.5 Å². The molecule has 0 radical (unpaired) electrons. The molecule has 6 nitrogen and oxygen atoms in total. The molecule has 1 aromatic rings. The minimum absolute atomic E-state index is 0.0551. The van der Waals surface area contributed by atoms with Gasteiger partial charge in [0.1, 0.15) is 12.2 Å². The number of carboxylic acid groups (broad SMARTS) is 1. The number of anilines is 1. The molecule has 6 heteroatoms. The third-order valence-corrected chi connectivity index (χ3v) is 3.09. The molecule has 0 aliphatic rings. The normalized spacial score (nSPS) is 11.2. The van der Waals surface area contributed by atoms with E-state index < -0.39 is 17.5 Å². The first kappa shape index (κ1) is 19.0. The number of ether oxygens (including phenoxy) is 2. The lowest BCUT2D eigenvalue weighted by Crippen LogP contribution is -2.26. The highest BCUT2D eigenvalue weighted by molar-refractivity contribution is 5.72. The van der Waals surface area contributed by atoms with E-state index in [1.807, 2.05) is 13.0 Å². The van der Waals surface area contributed by atoms with Gasteiger partial charge in [0.15, 0.2) is 0 Å². The minimum atomic E-state index is -0.887. The number of carbonyl (C=O) groups is 2. The van der Waals surface area contributed by atoms with Crippen molar-refractivity contribution in [2.45, 2.75) is 46.3 Å². The second-order valence-electron chi connectivity index (χ2n) is 6.33. The van der Waals surface area contributed by atoms with E-state index in [4.69, 9.17) is 14.6 Å². The molecular formula is C17H25NO5. The Morgan fingerprint density at radius 3 is 2.43 bits per heavy atom. The monoisotopic (exact) mass is 323 g/mol. The Labute approximate surface area is 136 Å². The first-order valence-electron chi connectivity index (χ1n) is 7.44. The van der Waals surface area contributed by atoms with Gasteiger partial charge in [0, 0.05) is 12.7 Å². The molecule has 0 atom stereocenters. The van der Waals surface area contributed by atoms with Crippen molar-refractivity contribution in [1.82, 2.24) is 0 Å². The van der Waals surface area contributed by atoms with Crippen LogP contribution in [0, 0.1) is 6.92 Å². The first-order valence-corrected chi connectivity index (χ1v) is 7.44. The van der Waals surface area contributed by atoms with Crippen LogP contribution in [0.3, 0.4) is 0 Å². The minimum Gasteiger partial charge on any atom is -0.481 e. The average Bonchev–Trinajstić information content (AvgIpc) is 2.39. The van der Waals surface area contributed by atoms with E-state index in [1.54, 1.807) is 33.9 Å². The van der Waals surface area contributed by atoms with Crippen LogP contribution in [0.15, 0.2) is 12.1 Å². The van der Waals surface area contributed by atoms with E-state index >= 15 is 0 Å². The van der Waals surface area contributed by atoms with Gasteiger partial charge in [0.05, 0.1) is 13.0 Å². The lowest BCUT2D eigenvalue weighted by atomic mass is 10.0. The van der Waals surface area contributed by atoms with Crippen LogP contribution in [0.25, 0.3) is 0 Å². The van der Waals surface area contributed by atoms with Gasteiger partial charge in [-0.15, -0.1) is 0 Å². The predicted octanol–water partition coefficient (Wildman–Crippen LogP) is 2.52. The Kier molecular flexibility index (Phi) is 6.57. The molecule has 0 aliphatic carbocycles. The van der Waals surface area contributed by atoms with Crippen molar-refractivity contribution in [3.05, 3.63) is 28.8 Å². The third-order valence-electron chi connectivity index (χ3n) is 3.09.